The first kappa shape index (κ1) is 20.5. The van der Waals surface area contributed by atoms with Crippen LogP contribution in [0.4, 0.5) is 6.01 Å². The van der Waals surface area contributed by atoms with Crippen molar-refractivity contribution in [3.63, 3.8) is 0 Å². The Labute approximate surface area is 171 Å². The van der Waals surface area contributed by atoms with Crippen LogP contribution in [0.15, 0.2) is 70.8 Å². The van der Waals surface area contributed by atoms with Crippen LogP contribution in [0.3, 0.4) is 0 Å². The second-order valence-corrected chi connectivity index (χ2v) is 6.05. The van der Waals surface area contributed by atoms with Crippen LogP contribution in [-0.2, 0) is 19.1 Å². The predicted molar refractivity (Wildman–Crippen MR) is 108 cm³/mol. The molecule has 0 saturated carbocycles. The summed E-state index contributed by atoms with van der Waals surface area (Å²) in [5.41, 5.74) is 1.29. The van der Waals surface area contributed by atoms with Gasteiger partial charge in [-0.2, -0.15) is 0 Å². The van der Waals surface area contributed by atoms with Crippen molar-refractivity contribution in [2.75, 3.05) is 11.9 Å². The Kier molecular flexibility index (Phi) is 6.67. The lowest BCUT2D eigenvalue weighted by Gasteiger charge is -2.08. The molecule has 2 amide bonds. The molecule has 1 aromatic heterocycles. The molecule has 0 aliphatic heterocycles. The van der Waals surface area contributed by atoms with Crippen LogP contribution in [0.5, 0.6) is 0 Å². The van der Waals surface area contributed by atoms with Gasteiger partial charge in [0.05, 0.1) is 0 Å². The first-order valence-corrected chi connectivity index (χ1v) is 8.91. The van der Waals surface area contributed by atoms with Gasteiger partial charge in [-0.05, 0) is 23.8 Å². The number of hydrogen-bond acceptors (Lipinski definition) is 7. The number of carbonyl (C=O) groups is 3. The average molecular weight is 406 g/mol. The second kappa shape index (κ2) is 9.78. The third kappa shape index (κ3) is 5.86. The van der Waals surface area contributed by atoms with E-state index in [-0.39, 0.29) is 17.6 Å². The Balaban J connectivity index is 1.59. The molecule has 0 saturated heterocycles. The third-order valence-electron chi connectivity index (χ3n) is 3.67. The van der Waals surface area contributed by atoms with Crippen molar-refractivity contribution in [3.8, 4) is 11.5 Å². The van der Waals surface area contributed by atoms with Crippen molar-refractivity contribution in [2.24, 2.45) is 0 Å². The summed E-state index contributed by atoms with van der Waals surface area (Å²) in [6, 6.07) is 17.8. The van der Waals surface area contributed by atoms with Gasteiger partial charge in [0.25, 0.3) is 5.91 Å². The van der Waals surface area contributed by atoms with Gasteiger partial charge in [-0.25, -0.2) is 4.79 Å². The Hall–Kier alpha value is -4.27. The van der Waals surface area contributed by atoms with Crippen molar-refractivity contribution in [1.29, 1.82) is 0 Å². The number of ether oxygens (including phenoxy) is 1. The second-order valence-electron chi connectivity index (χ2n) is 6.05. The summed E-state index contributed by atoms with van der Waals surface area (Å²) in [5, 5.41) is 12.3. The van der Waals surface area contributed by atoms with Crippen LogP contribution in [0.2, 0.25) is 0 Å². The molecule has 0 aliphatic carbocycles. The largest absolute Gasteiger partial charge is 0.451 e. The lowest BCUT2D eigenvalue weighted by molar-refractivity contribution is -0.144. The summed E-state index contributed by atoms with van der Waals surface area (Å²) in [6.45, 7) is 0.659. The van der Waals surface area contributed by atoms with Crippen LogP contribution < -0.4 is 10.6 Å². The molecule has 9 heteroatoms. The molecule has 2 N–H and O–H groups in total. The van der Waals surface area contributed by atoms with Crippen LogP contribution in [0, 0.1) is 0 Å². The lowest BCUT2D eigenvalue weighted by atomic mass is 10.2. The zero-order chi connectivity index (χ0) is 21.3. The number of amides is 2. The maximum atomic E-state index is 12.3. The minimum Gasteiger partial charge on any atom is -0.451 e. The Morgan fingerprint density at radius 1 is 1.00 bits per heavy atom. The van der Waals surface area contributed by atoms with Crippen LogP contribution in [0.25, 0.3) is 17.5 Å². The van der Waals surface area contributed by atoms with Gasteiger partial charge in [-0.1, -0.05) is 53.6 Å². The van der Waals surface area contributed by atoms with Crippen molar-refractivity contribution < 1.29 is 23.5 Å². The minimum atomic E-state index is -0.861. The molecule has 3 rings (SSSR count). The molecule has 3 aromatic rings. The zero-order valence-corrected chi connectivity index (χ0v) is 16.0. The van der Waals surface area contributed by atoms with Crippen LogP contribution in [0.1, 0.15) is 12.5 Å². The van der Waals surface area contributed by atoms with Gasteiger partial charge in [0.1, 0.15) is 5.70 Å². The predicted octanol–water partition coefficient (Wildman–Crippen LogP) is 2.40. The number of esters is 1. The molecule has 0 spiro atoms. The Morgan fingerprint density at radius 2 is 1.67 bits per heavy atom. The quantitative estimate of drug-likeness (QED) is 0.456. The molecule has 1 heterocycles. The van der Waals surface area contributed by atoms with E-state index >= 15 is 0 Å². The molecule has 2 aromatic carbocycles. The summed E-state index contributed by atoms with van der Waals surface area (Å²) < 4.78 is 10.3. The molecule has 0 bridgehead atoms. The zero-order valence-electron chi connectivity index (χ0n) is 16.0. The summed E-state index contributed by atoms with van der Waals surface area (Å²) in [5.74, 6) is -1.74. The Bertz CT molecular complexity index is 1060. The molecule has 30 heavy (non-hydrogen) atoms. The molecule has 152 valence electrons. The highest BCUT2D eigenvalue weighted by Crippen LogP contribution is 2.18. The normalized spacial score (nSPS) is 10.9. The van der Waals surface area contributed by atoms with E-state index in [9.17, 15) is 14.4 Å². The standard InChI is InChI=1S/C21H18N4O5/c1-14(26)22-17(12-15-8-4-2-5-9-15)20(28)29-13-18(27)23-21-25-24-19(30-21)16-10-6-3-7-11-16/h2-12H,13H2,1H3,(H,22,26)(H,23,25,27)/b17-12+. The molecular formula is C21H18N4O5. The lowest BCUT2D eigenvalue weighted by Crippen LogP contribution is -2.28. The van der Waals surface area contributed by atoms with E-state index < -0.39 is 24.4 Å². The molecule has 0 radical (unpaired) electrons. The van der Waals surface area contributed by atoms with Crippen molar-refractivity contribution in [1.82, 2.24) is 15.5 Å². The fourth-order valence-corrected chi connectivity index (χ4v) is 2.39. The highest BCUT2D eigenvalue weighted by Gasteiger charge is 2.16. The third-order valence-corrected chi connectivity index (χ3v) is 3.67. The van der Waals surface area contributed by atoms with Crippen LogP contribution in [-0.4, -0.2) is 34.6 Å². The van der Waals surface area contributed by atoms with E-state index in [1.54, 1.807) is 36.4 Å². The van der Waals surface area contributed by atoms with Crippen molar-refractivity contribution >= 4 is 29.9 Å². The molecule has 0 fully saturated rings. The van der Waals surface area contributed by atoms with Crippen LogP contribution >= 0.6 is 0 Å². The number of aromatic nitrogens is 2. The van der Waals surface area contributed by atoms with Gasteiger partial charge in [-0.3, -0.25) is 14.9 Å². The summed E-state index contributed by atoms with van der Waals surface area (Å²) in [7, 11) is 0. The summed E-state index contributed by atoms with van der Waals surface area (Å²) in [4.78, 5) is 35.7. The maximum absolute atomic E-state index is 12.3. The number of nitrogens with zero attached hydrogens (tertiary/aromatic N) is 2. The van der Waals surface area contributed by atoms with Gasteiger partial charge in [-0.15, -0.1) is 5.10 Å². The van der Waals surface area contributed by atoms with E-state index in [1.807, 2.05) is 24.3 Å². The SMILES string of the molecule is CC(=O)N/C(=C/c1ccccc1)C(=O)OCC(=O)Nc1nnc(-c2ccccc2)o1. The highest BCUT2D eigenvalue weighted by molar-refractivity contribution is 5.99. The summed E-state index contributed by atoms with van der Waals surface area (Å²) >= 11 is 0. The van der Waals surface area contributed by atoms with E-state index in [1.165, 1.54) is 13.0 Å². The number of hydrogen-bond donors (Lipinski definition) is 2. The van der Waals surface area contributed by atoms with E-state index in [0.29, 0.717) is 11.1 Å². The monoisotopic (exact) mass is 406 g/mol. The fraction of sp³-hybridized carbons (Fsp3) is 0.0952. The number of rotatable bonds is 7. The molecule has 0 atom stereocenters. The maximum Gasteiger partial charge on any atom is 0.355 e. The van der Waals surface area contributed by atoms with E-state index in [2.05, 4.69) is 20.8 Å². The highest BCUT2D eigenvalue weighted by atomic mass is 16.5. The van der Waals surface area contributed by atoms with Gasteiger partial charge >= 0.3 is 12.0 Å². The number of carbonyl (C=O) groups excluding carboxylic acids is 3. The number of nitrogens with one attached hydrogen (secondary N) is 2. The first-order valence-electron chi connectivity index (χ1n) is 8.91. The number of anilines is 1. The molecular weight excluding hydrogens is 388 g/mol. The van der Waals surface area contributed by atoms with E-state index in [4.69, 9.17) is 9.15 Å². The molecule has 0 unspecified atom stereocenters. The average Bonchev–Trinajstić information content (AvgIpc) is 3.21. The smallest absolute Gasteiger partial charge is 0.355 e. The first-order chi connectivity index (χ1) is 14.5. The Morgan fingerprint density at radius 3 is 2.33 bits per heavy atom. The number of benzene rings is 2. The van der Waals surface area contributed by atoms with Gasteiger partial charge in [0.2, 0.25) is 11.8 Å². The molecule has 9 nitrogen and oxygen atoms in total. The van der Waals surface area contributed by atoms with E-state index in [0.717, 1.165) is 0 Å². The van der Waals surface area contributed by atoms with Gasteiger partial charge in [0.15, 0.2) is 6.61 Å². The minimum absolute atomic E-state index is 0.0920. The molecule has 0 aliphatic rings. The topological polar surface area (TPSA) is 123 Å². The van der Waals surface area contributed by atoms with Gasteiger partial charge < -0.3 is 14.5 Å². The van der Waals surface area contributed by atoms with Crippen molar-refractivity contribution in [3.05, 3.63) is 71.9 Å². The van der Waals surface area contributed by atoms with Crippen molar-refractivity contribution in [2.45, 2.75) is 6.92 Å². The fourth-order valence-electron chi connectivity index (χ4n) is 2.39. The summed E-state index contributed by atoms with van der Waals surface area (Å²) in [6.07, 6.45) is 1.45. The van der Waals surface area contributed by atoms with Gasteiger partial charge in [0, 0.05) is 12.5 Å².